The Morgan fingerprint density at radius 3 is 2.63 bits per heavy atom. The predicted octanol–water partition coefficient (Wildman–Crippen LogP) is 1.12. The lowest BCUT2D eigenvalue weighted by molar-refractivity contribution is -0.116. The van der Waals surface area contributed by atoms with Gasteiger partial charge in [-0.2, -0.15) is 0 Å². The fourth-order valence-corrected chi connectivity index (χ4v) is 2.13. The number of carbonyl (C=O) groups excluding carboxylic acids is 1. The molecule has 106 valence electrons. The lowest BCUT2D eigenvalue weighted by Crippen LogP contribution is -2.38. The molecule has 0 unspecified atom stereocenters. The minimum Gasteiger partial charge on any atom is -0.311 e. The summed E-state index contributed by atoms with van der Waals surface area (Å²) in [6.07, 6.45) is 0. The predicted molar refractivity (Wildman–Crippen MR) is 71.9 cm³/mol. The first-order valence-electron chi connectivity index (χ1n) is 5.86. The third kappa shape index (κ3) is 4.96. The van der Waals surface area contributed by atoms with Gasteiger partial charge in [0.1, 0.15) is 5.82 Å². The average molecular weight is 288 g/mol. The van der Waals surface area contributed by atoms with Gasteiger partial charge in [0, 0.05) is 25.7 Å². The molecule has 0 fully saturated rings. The summed E-state index contributed by atoms with van der Waals surface area (Å²) in [5.41, 5.74) is 0.406. The van der Waals surface area contributed by atoms with Gasteiger partial charge in [-0.1, -0.05) is 6.07 Å². The molecule has 1 amide bonds. The molecular formula is C12H17FN2O3S. The van der Waals surface area contributed by atoms with Gasteiger partial charge in [-0.25, -0.2) is 17.5 Å². The fraction of sp³-hybridized carbons (Fsp3) is 0.417. The van der Waals surface area contributed by atoms with Gasteiger partial charge < -0.3 is 4.90 Å². The molecular weight excluding hydrogens is 271 g/mol. The second kappa shape index (κ2) is 6.63. The van der Waals surface area contributed by atoms with Crippen LogP contribution in [0.4, 0.5) is 10.1 Å². The number of rotatable bonds is 6. The van der Waals surface area contributed by atoms with Crippen LogP contribution in [0.15, 0.2) is 24.3 Å². The number of nitrogens with zero attached hydrogens (tertiary/aromatic N) is 1. The van der Waals surface area contributed by atoms with Crippen molar-refractivity contribution in [3.63, 3.8) is 0 Å². The molecule has 0 aliphatic carbocycles. The van der Waals surface area contributed by atoms with Crippen molar-refractivity contribution in [2.75, 3.05) is 23.7 Å². The van der Waals surface area contributed by atoms with E-state index in [0.29, 0.717) is 5.69 Å². The monoisotopic (exact) mass is 288 g/mol. The van der Waals surface area contributed by atoms with Crippen molar-refractivity contribution in [3.05, 3.63) is 30.1 Å². The summed E-state index contributed by atoms with van der Waals surface area (Å²) in [5, 5.41) is 0. The quantitative estimate of drug-likeness (QED) is 0.853. The van der Waals surface area contributed by atoms with Gasteiger partial charge in [-0.05, 0) is 25.1 Å². The first-order chi connectivity index (χ1) is 8.85. The van der Waals surface area contributed by atoms with E-state index in [-0.39, 0.29) is 24.7 Å². The maximum atomic E-state index is 13.1. The van der Waals surface area contributed by atoms with Crippen LogP contribution in [-0.2, 0) is 14.8 Å². The summed E-state index contributed by atoms with van der Waals surface area (Å²) >= 11 is 0. The van der Waals surface area contributed by atoms with Gasteiger partial charge in [0.15, 0.2) is 0 Å². The molecule has 0 bridgehead atoms. The minimum absolute atomic E-state index is 0.0208. The molecule has 19 heavy (non-hydrogen) atoms. The van der Waals surface area contributed by atoms with E-state index < -0.39 is 15.8 Å². The largest absolute Gasteiger partial charge is 0.311 e. The van der Waals surface area contributed by atoms with Crippen molar-refractivity contribution < 1.29 is 17.6 Å². The highest BCUT2D eigenvalue weighted by Crippen LogP contribution is 2.15. The van der Waals surface area contributed by atoms with E-state index in [1.54, 1.807) is 6.07 Å². The van der Waals surface area contributed by atoms with E-state index >= 15 is 0 Å². The van der Waals surface area contributed by atoms with Crippen LogP contribution in [0.1, 0.15) is 13.8 Å². The summed E-state index contributed by atoms with van der Waals surface area (Å²) in [6.45, 7) is 3.11. The zero-order chi connectivity index (χ0) is 14.5. The summed E-state index contributed by atoms with van der Waals surface area (Å²) in [4.78, 5) is 12.8. The molecule has 1 aromatic carbocycles. The van der Waals surface area contributed by atoms with E-state index in [0.717, 1.165) is 0 Å². The van der Waals surface area contributed by atoms with Crippen molar-refractivity contribution in [3.8, 4) is 0 Å². The molecule has 0 aliphatic heterocycles. The zero-order valence-corrected chi connectivity index (χ0v) is 11.7. The molecule has 0 saturated carbocycles. The van der Waals surface area contributed by atoms with Crippen molar-refractivity contribution in [1.29, 1.82) is 0 Å². The van der Waals surface area contributed by atoms with Gasteiger partial charge in [0.25, 0.3) is 0 Å². The molecule has 0 aliphatic rings. The number of nitrogens with one attached hydrogen (secondary N) is 1. The van der Waals surface area contributed by atoms with Gasteiger partial charge in [-0.15, -0.1) is 0 Å². The van der Waals surface area contributed by atoms with Gasteiger partial charge >= 0.3 is 0 Å². The number of halogens is 1. The molecule has 1 N–H and O–H groups in total. The highest BCUT2D eigenvalue weighted by atomic mass is 32.2. The third-order valence-corrected chi connectivity index (χ3v) is 3.94. The number of sulfonamides is 1. The molecule has 5 nitrogen and oxygen atoms in total. The number of anilines is 1. The maximum Gasteiger partial charge on any atom is 0.223 e. The first-order valence-corrected chi connectivity index (χ1v) is 7.52. The van der Waals surface area contributed by atoms with Crippen molar-refractivity contribution in [2.24, 2.45) is 0 Å². The zero-order valence-electron chi connectivity index (χ0n) is 10.9. The standard InChI is InChI=1S/C12H17FN2O3S/c1-3-19(17,18)14-7-8-15(10(2)16)12-6-4-5-11(13)9-12/h4-6,9,14H,3,7-8H2,1-2H3. The molecule has 0 saturated heterocycles. The fourth-order valence-electron chi connectivity index (χ4n) is 1.53. The number of benzene rings is 1. The van der Waals surface area contributed by atoms with Gasteiger partial charge in [0.05, 0.1) is 5.75 Å². The average Bonchev–Trinajstić information content (AvgIpc) is 2.34. The molecule has 7 heteroatoms. The second-order valence-electron chi connectivity index (χ2n) is 3.95. The van der Waals surface area contributed by atoms with Crippen LogP contribution in [0.3, 0.4) is 0 Å². The van der Waals surface area contributed by atoms with Crippen molar-refractivity contribution >= 4 is 21.6 Å². The number of hydrogen-bond donors (Lipinski definition) is 1. The Morgan fingerprint density at radius 1 is 1.42 bits per heavy atom. The van der Waals surface area contributed by atoms with E-state index in [2.05, 4.69) is 4.72 Å². The van der Waals surface area contributed by atoms with Crippen LogP contribution in [0.5, 0.6) is 0 Å². The molecule has 1 aromatic rings. The SMILES string of the molecule is CCS(=O)(=O)NCCN(C(C)=O)c1cccc(F)c1. The Balaban J connectivity index is 2.72. The van der Waals surface area contributed by atoms with Gasteiger partial charge in [0.2, 0.25) is 15.9 Å². The molecule has 0 radical (unpaired) electrons. The molecule has 0 spiro atoms. The Bertz CT molecular complexity index is 546. The third-order valence-electron chi connectivity index (χ3n) is 2.54. The van der Waals surface area contributed by atoms with Crippen molar-refractivity contribution in [2.45, 2.75) is 13.8 Å². The lowest BCUT2D eigenvalue weighted by Gasteiger charge is -2.21. The van der Waals surface area contributed by atoms with Crippen LogP contribution in [-0.4, -0.2) is 33.2 Å². The number of carbonyl (C=O) groups is 1. The number of amides is 1. The Kier molecular flexibility index (Phi) is 5.44. The van der Waals surface area contributed by atoms with E-state index in [9.17, 15) is 17.6 Å². The highest BCUT2D eigenvalue weighted by molar-refractivity contribution is 7.89. The molecule has 0 aromatic heterocycles. The van der Waals surface area contributed by atoms with Crippen LogP contribution in [0.2, 0.25) is 0 Å². The van der Waals surface area contributed by atoms with Crippen LogP contribution < -0.4 is 9.62 Å². The summed E-state index contributed by atoms with van der Waals surface area (Å²) in [6, 6.07) is 5.60. The van der Waals surface area contributed by atoms with E-state index in [4.69, 9.17) is 0 Å². The Labute approximate surface area is 112 Å². The smallest absolute Gasteiger partial charge is 0.223 e. The van der Waals surface area contributed by atoms with Crippen LogP contribution >= 0.6 is 0 Å². The maximum absolute atomic E-state index is 13.1. The van der Waals surface area contributed by atoms with Crippen LogP contribution in [0.25, 0.3) is 0 Å². The van der Waals surface area contributed by atoms with Crippen molar-refractivity contribution in [1.82, 2.24) is 4.72 Å². The summed E-state index contributed by atoms with van der Waals surface area (Å²) < 4.78 is 38.0. The molecule has 1 rings (SSSR count). The molecule has 0 atom stereocenters. The van der Waals surface area contributed by atoms with E-state index in [1.165, 1.54) is 36.9 Å². The minimum atomic E-state index is -3.29. The molecule has 0 heterocycles. The highest BCUT2D eigenvalue weighted by Gasteiger charge is 2.13. The van der Waals surface area contributed by atoms with E-state index in [1.807, 2.05) is 0 Å². The first kappa shape index (κ1) is 15.6. The Hall–Kier alpha value is -1.47. The van der Waals surface area contributed by atoms with Gasteiger partial charge in [-0.3, -0.25) is 4.79 Å². The summed E-state index contributed by atoms with van der Waals surface area (Å²) in [5.74, 6) is -0.744. The lowest BCUT2D eigenvalue weighted by atomic mass is 10.2. The second-order valence-corrected chi connectivity index (χ2v) is 6.04. The topological polar surface area (TPSA) is 66.5 Å². The Morgan fingerprint density at radius 2 is 2.11 bits per heavy atom. The number of hydrogen-bond acceptors (Lipinski definition) is 3. The summed E-state index contributed by atoms with van der Waals surface area (Å²) in [7, 11) is -3.29. The normalized spacial score (nSPS) is 11.3. The van der Waals surface area contributed by atoms with Crippen LogP contribution in [0, 0.1) is 5.82 Å².